The summed E-state index contributed by atoms with van der Waals surface area (Å²) in [4.78, 5) is 11.6. The summed E-state index contributed by atoms with van der Waals surface area (Å²) in [6.45, 7) is 1.70. The minimum atomic E-state index is -0.0815. The molecule has 2 unspecified atom stereocenters. The van der Waals surface area contributed by atoms with Crippen LogP contribution in [0.2, 0.25) is 0 Å². The van der Waals surface area contributed by atoms with E-state index in [9.17, 15) is 4.79 Å². The van der Waals surface area contributed by atoms with Gasteiger partial charge in [-0.2, -0.15) is 0 Å². The molecule has 1 fully saturated rings. The van der Waals surface area contributed by atoms with Crippen LogP contribution in [0.4, 0.5) is 0 Å². The SMILES string of the molecule is COCC(CN)NC(=O)CCC1CCCO1. The van der Waals surface area contributed by atoms with Gasteiger partial charge in [-0.25, -0.2) is 0 Å². The van der Waals surface area contributed by atoms with Crippen LogP contribution in [0.5, 0.6) is 0 Å². The van der Waals surface area contributed by atoms with Crippen molar-refractivity contribution < 1.29 is 14.3 Å². The molecule has 5 nitrogen and oxygen atoms in total. The Labute approximate surface area is 96.7 Å². The number of rotatable bonds is 7. The van der Waals surface area contributed by atoms with Crippen LogP contribution in [0.3, 0.4) is 0 Å². The number of hydrogen-bond donors (Lipinski definition) is 2. The van der Waals surface area contributed by atoms with Crippen molar-refractivity contribution in [2.24, 2.45) is 5.73 Å². The number of carbonyl (C=O) groups is 1. The average Bonchev–Trinajstić information content (AvgIpc) is 2.78. The summed E-state index contributed by atoms with van der Waals surface area (Å²) in [6, 6.07) is -0.0815. The van der Waals surface area contributed by atoms with E-state index in [1.165, 1.54) is 0 Å². The van der Waals surface area contributed by atoms with Gasteiger partial charge in [0.2, 0.25) is 5.91 Å². The van der Waals surface area contributed by atoms with Crippen LogP contribution in [-0.4, -0.2) is 44.9 Å². The lowest BCUT2D eigenvalue weighted by Gasteiger charge is -2.16. The smallest absolute Gasteiger partial charge is 0.220 e. The number of nitrogens with one attached hydrogen (secondary N) is 1. The van der Waals surface area contributed by atoms with E-state index in [2.05, 4.69) is 5.32 Å². The van der Waals surface area contributed by atoms with Gasteiger partial charge in [0.15, 0.2) is 0 Å². The summed E-state index contributed by atoms with van der Waals surface area (Å²) in [5.41, 5.74) is 5.51. The van der Waals surface area contributed by atoms with Gasteiger partial charge in [-0.3, -0.25) is 4.79 Å². The summed E-state index contributed by atoms with van der Waals surface area (Å²) < 4.78 is 10.4. The summed E-state index contributed by atoms with van der Waals surface area (Å²) >= 11 is 0. The molecule has 1 heterocycles. The lowest BCUT2D eigenvalue weighted by Crippen LogP contribution is -2.43. The van der Waals surface area contributed by atoms with Gasteiger partial charge >= 0.3 is 0 Å². The van der Waals surface area contributed by atoms with Crippen molar-refractivity contribution in [2.45, 2.75) is 37.8 Å². The zero-order valence-electron chi connectivity index (χ0n) is 9.91. The molecule has 0 aromatic heterocycles. The minimum absolute atomic E-state index is 0.0306. The molecule has 1 amide bonds. The van der Waals surface area contributed by atoms with Crippen LogP contribution in [0.1, 0.15) is 25.7 Å². The Bertz CT molecular complexity index is 205. The minimum Gasteiger partial charge on any atom is -0.383 e. The topological polar surface area (TPSA) is 73.6 Å². The molecule has 94 valence electrons. The van der Waals surface area contributed by atoms with Crippen molar-refractivity contribution in [2.75, 3.05) is 26.9 Å². The van der Waals surface area contributed by atoms with E-state index in [0.29, 0.717) is 19.6 Å². The highest BCUT2D eigenvalue weighted by Gasteiger charge is 2.17. The maximum atomic E-state index is 11.6. The maximum absolute atomic E-state index is 11.6. The quantitative estimate of drug-likeness (QED) is 0.647. The molecule has 16 heavy (non-hydrogen) atoms. The standard InChI is InChI=1S/C11H22N2O3/c1-15-8-9(7-12)13-11(14)5-4-10-3-2-6-16-10/h9-10H,2-8,12H2,1H3,(H,13,14). The van der Waals surface area contributed by atoms with Crippen LogP contribution in [-0.2, 0) is 14.3 Å². The first-order valence-corrected chi connectivity index (χ1v) is 5.86. The molecule has 0 spiro atoms. The van der Waals surface area contributed by atoms with E-state index in [0.717, 1.165) is 25.9 Å². The lowest BCUT2D eigenvalue weighted by atomic mass is 10.1. The van der Waals surface area contributed by atoms with Gasteiger partial charge in [-0.1, -0.05) is 0 Å². The van der Waals surface area contributed by atoms with Gasteiger partial charge in [0.05, 0.1) is 18.8 Å². The highest BCUT2D eigenvalue weighted by Crippen LogP contribution is 2.16. The molecule has 1 aliphatic heterocycles. The molecule has 1 rings (SSSR count). The van der Waals surface area contributed by atoms with E-state index in [-0.39, 0.29) is 18.1 Å². The van der Waals surface area contributed by atoms with Gasteiger partial charge < -0.3 is 20.5 Å². The fourth-order valence-corrected chi connectivity index (χ4v) is 1.83. The van der Waals surface area contributed by atoms with Gasteiger partial charge in [0.1, 0.15) is 0 Å². The predicted molar refractivity (Wildman–Crippen MR) is 61.1 cm³/mol. The van der Waals surface area contributed by atoms with Crippen LogP contribution < -0.4 is 11.1 Å². The molecule has 2 atom stereocenters. The Hall–Kier alpha value is -0.650. The van der Waals surface area contributed by atoms with Crippen molar-refractivity contribution in [3.63, 3.8) is 0 Å². The van der Waals surface area contributed by atoms with Gasteiger partial charge in [0.25, 0.3) is 0 Å². The second-order valence-corrected chi connectivity index (χ2v) is 4.13. The average molecular weight is 230 g/mol. The molecular formula is C11H22N2O3. The number of ether oxygens (including phenoxy) is 2. The molecule has 0 saturated carbocycles. The second kappa shape index (κ2) is 7.60. The Morgan fingerprint density at radius 2 is 2.50 bits per heavy atom. The van der Waals surface area contributed by atoms with Crippen LogP contribution >= 0.6 is 0 Å². The molecule has 0 bridgehead atoms. The third-order valence-electron chi connectivity index (χ3n) is 2.73. The summed E-state index contributed by atoms with van der Waals surface area (Å²) in [5, 5.41) is 2.85. The number of carbonyl (C=O) groups excluding carboxylic acids is 1. The molecular weight excluding hydrogens is 208 g/mol. The van der Waals surface area contributed by atoms with Crippen molar-refractivity contribution in [1.29, 1.82) is 0 Å². The first kappa shape index (κ1) is 13.4. The van der Waals surface area contributed by atoms with Crippen molar-refractivity contribution in [1.82, 2.24) is 5.32 Å². The molecule has 0 aliphatic carbocycles. The highest BCUT2D eigenvalue weighted by molar-refractivity contribution is 5.76. The monoisotopic (exact) mass is 230 g/mol. The predicted octanol–water partition coefficient (Wildman–Crippen LogP) is 0.0355. The van der Waals surface area contributed by atoms with E-state index in [1.807, 2.05) is 0 Å². The number of hydrogen-bond acceptors (Lipinski definition) is 4. The van der Waals surface area contributed by atoms with Crippen molar-refractivity contribution >= 4 is 5.91 Å². The molecule has 0 aromatic carbocycles. The normalized spacial score (nSPS) is 22.0. The van der Waals surface area contributed by atoms with E-state index in [1.54, 1.807) is 7.11 Å². The first-order valence-electron chi connectivity index (χ1n) is 5.86. The number of methoxy groups -OCH3 is 1. The van der Waals surface area contributed by atoms with E-state index >= 15 is 0 Å². The lowest BCUT2D eigenvalue weighted by molar-refractivity contribution is -0.122. The van der Waals surface area contributed by atoms with E-state index < -0.39 is 0 Å². The largest absolute Gasteiger partial charge is 0.383 e. The van der Waals surface area contributed by atoms with E-state index in [4.69, 9.17) is 15.2 Å². The Kier molecular flexibility index (Phi) is 6.37. The molecule has 1 aliphatic rings. The Balaban J connectivity index is 2.13. The summed E-state index contributed by atoms with van der Waals surface area (Å²) in [7, 11) is 1.60. The molecule has 0 radical (unpaired) electrons. The first-order chi connectivity index (χ1) is 7.76. The fourth-order valence-electron chi connectivity index (χ4n) is 1.83. The Morgan fingerprint density at radius 1 is 1.69 bits per heavy atom. The third kappa shape index (κ3) is 4.92. The van der Waals surface area contributed by atoms with Crippen molar-refractivity contribution in [3.05, 3.63) is 0 Å². The number of amides is 1. The molecule has 5 heteroatoms. The second-order valence-electron chi connectivity index (χ2n) is 4.13. The van der Waals surface area contributed by atoms with Gasteiger partial charge in [-0.05, 0) is 19.3 Å². The molecule has 0 aromatic rings. The zero-order valence-corrected chi connectivity index (χ0v) is 9.91. The van der Waals surface area contributed by atoms with Crippen LogP contribution in [0.25, 0.3) is 0 Å². The summed E-state index contributed by atoms with van der Waals surface area (Å²) in [5.74, 6) is 0.0306. The van der Waals surface area contributed by atoms with Crippen LogP contribution in [0, 0.1) is 0 Å². The summed E-state index contributed by atoms with van der Waals surface area (Å²) in [6.07, 6.45) is 3.76. The number of nitrogens with two attached hydrogens (primary N) is 1. The highest BCUT2D eigenvalue weighted by atomic mass is 16.5. The third-order valence-corrected chi connectivity index (χ3v) is 2.73. The fraction of sp³-hybridized carbons (Fsp3) is 0.909. The molecule has 1 saturated heterocycles. The van der Waals surface area contributed by atoms with Gasteiger partial charge in [-0.15, -0.1) is 0 Å². The zero-order chi connectivity index (χ0) is 11.8. The molecule has 3 N–H and O–H groups in total. The van der Waals surface area contributed by atoms with Crippen molar-refractivity contribution in [3.8, 4) is 0 Å². The van der Waals surface area contributed by atoms with Gasteiger partial charge in [0, 0.05) is 26.7 Å². The maximum Gasteiger partial charge on any atom is 0.220 e. The van der Waals surface area contributed by atoms with Crippen LogP contribution in [0.15, 0.2) is 0 Å². The Morgan fingerprint density at radius 3 is 3.06 bits per heavy atom.